The number of hydrogen-bond donors (Lipinski definition) is 1. The third-order valence-electron chi connectivity index (χ3n) is 6.20. The van der Waals surface area contributed by atoms with Gasteiger partial charge in [0.2, 0.25) is 0 Å². The normalized spacial score (nSPS) is 16.3. The Labute approximate surface area is 209 Å². The molecular formula is C28H26N6O2. The van der Waals surface area contributed by atoms with Crippen molar-refractivity contribution in [2.75, 3.05) is 13.1 Å². The number of hydrogen-bond acceptors (Lipinski definition) is 7. The van der Waals surface area contributed by atoms with Crippen LogP contribution < -0.4 is 0 Å². The molecule has 36 heavy (non-hydrogen) atoms. The summed E-state index contributed by atoms with van der Waals surface area (Å²) in [5, 5.41) is 23.0. The van der Waals surface area contributed by atoms with E-state index < -0.39 is 6.10 Å². The number of nitrogens with zero attached hydrogens (tertiary/aromatic N) is 6. The van der Waals surface area contributed by atoms with Crippen molar-refractivity contribution in [2.24, 2.45) is 5.92 Å². The first-order chi connectivity index (χ1) is 17.6. The van der Waals surface area contributed by atoms with E-state index in [4.69, 9.17) is 9.78 Å². The predicted octanol–water partition coefficient (Wildman–Crippen LogP) is 3.78. The van der Waals surface area contributed by atoms with Crippen LogP contribution in [0.25, 0.3) is 11.3 Å². The van der Waals surface area contributed by atoms with Crippen molar-refractivity contribution in [3.05, 3.63) is 89.4 Å². The van der Waals surface area contributed by atoms with Gasteiger partial charge in [-0.15, -0.1) is 0 Å². The van der Waals surface area contributed by atoms with E-state index in [1.165, 1.54) is 0 Å². The molecule has 4 heterocycles. The summed E-state index contributed by atoms with van der Waals surface area (Å²) < 4.78 is 7.38. The number of likely N-dealkylation sites (tertiary alicyclic amines) is 1. The number of nitriles is 1. The number of rotatable bonds is 6. The third kappa shape index (κ3) is 5.52. The molecule has 1 saturated heterocycles. The Bertz CT molecular complexity index is 1420. The van der Waals surface area contributed by atoms with E-state index in [1.807, 2.05) is 53.2 Å². The van der Waals surface area contributed by atoms with Crippen LogP contribution in [0.5, 0.6) is 0 Å². The summed E-state index contributed by atoms with van der Waals surface area (Å²) in [6.07, 6.45) is 5.56. The quantitative estimate of drug-likeness (QED) is 0.421. The van der Waals surface area contributed by atoms with Crippen LogP contribution in [-0.4, -0.2) is 42.8 Å². The molecule has 8 nitrogen and oxygen atoms in total. The molecule has 0 spiro atoms. The van der Waals surface area contributed by atoms with E-state index in [1.54, 1.807) is 19.3 Å². The van der Waals surface area contributed by atoms with Crippen LogP contribution in [0, 0.1) is 29.1 Å². The van der Waals surface area contributed by atoms with Crippen LogP contribution in [0.4, 0.5) is 0 Å². The Morgan fingerprint density at radius 3 is 2.61 bits per heavy atom. The van der Waals surface area contributed by atoms with Gasteiger partial charge in [-0.05, 0) is 56.3 Å². The molecule has 5 rings (SSSR count). The topological polar surface area (TPSA) is 104 Å². The Balaban J connectivity index is 1.19. The average molecular weight is 479 g/mol. The van der Waals surface area contributed by atoms with Gasteiger partial charge in [-0.1, -0.05) is 17.0 Å². The van der Waals surface area contributed by atoms with Gasteiger partial charge in [-0.25, -0.2) is 4.98 Å². The van der Waals surface area contributed by atoms with Crippen LogP contribution in [-0.2, 0) is 13.1 Å². The largest absolute Gasteiger partial charge is 0.385 e. The maximum absolute atomic E-state index is 9.82. The van der Waals surface area contributed by atoms with Crippen molar-refractivity contribution in [3.8, 4) is 29.2 Å². The van der Waals surface area contributed by atoms with Gasteiger partial charge >= 0.3 is 0 Å². The molecular weight excluding hydrogens is 452 g/mol. The predicted molar refractivity (Wildman–Crippen MR) is 133 cm³/mol. The minimum absolute atomic E-state index is 0.138. The second-order valence-electron chi connectivity index (χ2n) is 8.99. The lowest BCUT2D eigenvalue weighted by molar-refractivity contribution is 0.184. The molecule has 0 radical (unpaired) electrons. The summed E-state index contributed by atoms with van der Waals surface area (Å²) in [6.45, 7) is 4.69. The molecule has 1 unspecified atom stereocenters. The highest BCUT2D eigenvalue weighted by Gasteiger charge is 2.22. The van der Waals surface area contributed by atoms with Crippen LogP contribution in [0.3, 0.4) is 0 Å². The number of aliphatic hydroxyl groups excluding tert-OH is 1. The molecule has 0 bridgehead atoms. The van der Waals surface area contributed by atoms with Gasteiger partial charge in [0.05, 0.1) is 24.2 Å². The van der Waals surface area contributed by atoms with Crippen LogP contribution in [0.1, 0.15) is 47.8 Å². The highest BCUT2D eigenvalue weighted by molar-refractivity contribution is 5.59. The molecule has 3 aromatic heterocycles. The zero-order valence-corrected chi connectivity index (χ0v) is 20.0. The van der Waals surface area contributed by atoms with Crippen molar-refractivity contribution in [2.45, 2.75) is 32.5 Å². The lowest BCUT2D eigenvalue weighted by atomic mass is 10.1. The molecule has 1 aromatic carbocycles. The van der Waals surface area contributed by atoms with Gasteiger partial charge < -0.3 is 14.2 Å². The number of benzene rings is 1. The van der Waals surface area contributed by atoms with Gasteiger partial charge in [0, 0.05) is 54.4 Å². The lowest BCUT2D eigenvalue weighted by Gasteiger charge is -2.13. The summed E-state index contributed by atoms with van der Waals surface area (Å²) in [5.74, 6) is 7.74. The third-order valence-corrected chi connectivity index (χ3v) is 6.20. The fourth-order valence-corrected chi connectivity index (χ4v) is 4.28. The van der Waals surface area contributed by atoms with E-state index in [2.05, 4.69) is 37.9 Å². The molecule has 1 aliphatic heterocycles. The van der Waals surface area contributed by atoms with Crippen molar-refractivity contribution in [1.29, 1.82) is 5.26 Å². The average Bonchev–Trinajstić information content (AvgIpc) is 3.66. The molecule has 1 N–H and O–H groups in total. The second-order valence-corrected chi connectivity index (χ2v) is 8.99. The molecule has 1 fully saturated rings. The Morgan fingerprint density at radius 1 is 1.08 bits per heavy atom. The molecule has 0 saturated carbocycles. The molecule has 0 aliphatic carbocycles. The van der Waals surface area contributed by atoms with Gasteiger partial charge in [-0.3, -0.25) is 9.88 Å². The highest BCUT2D eigenvalue weighted by Crippen LogP contribution is 2.22. The van der Waals surface area contributed by atoms with Gasteiger partial charge in [0.25, 0.3) is 0 Å². The zero-order chi connectivity index (χ0) is 24.9. The van der Waals surface area contributed by atoms with E-state index in [0.717, 1.165) is 54.1 Å². The fourth-order valence-electron chi connectivity index (χ4n) is 4.28. The summed E-state index contributed by atoms with van der Waals surface area (Å²) in [7, 11) is 0. The van der Waals surface area contributed by atoms with Crippen LogP contribution >= 0.6 is 0 Å². The summed E-state index contributed by atoms with van der Waals surface area (Å²) in [5.41, 5.74) is 4.40. The Hall–Kier alpha value is -4.24. The SMILES string of the molecule is C[C@H](O)c1nccn1Cc1cc(-c2ccc(C#Cc3ccc(CN4CCC(C#N)C4)nc3)cc2)on1. The van der Waals surface area contributed by atoms with Crippen molar-refractivity contribution < 1.29 is 9.63 Å². The molecule has 180 valence electrons. The minimum Gasteiger partial charge on any atom is -0.385 e. The number of imidazole rings is 1. The van der Waals surface area contributed by atoms with Crippen molar-refractivity contribution in [3.63, 3.8) is 0 Å². The van der Waals surface area contributed by atoms with E-state index in [0.29, 0.717) is 18.1 Å². The monoisotopic (exact) mass is 478 g/mol. The first-order valence-corrected chi connectivity index (χ1v) is 11.9. The first-order valence-electron chi connectivity index (χ1n) is 11.9. The Kier molecular flexibility index (Phi) is 6.90. The number of aliphatic hydroxyl groups is 1. The maximum Gasteiger partial charge on any atom is 0.167 e. The summed E-state index contributed by atoms with van der Waals surface area (Å²) in [6, 6.07) is 16.0. The van der Waals surface area contributed by atoms with Crippen LogP contribution in [0.15, 0.2) is 65.6 Å². The van der Waals surface area contributed by atoms with Gasteiger partial charge in [0.15, 0.2) is 5.76 Å². The zero-order valence-electron chi connectivity index (χ0n) is 20.0. The fraction of sp³-hybridized carbons (Fsp3) is 0.286. The lowest BCUT2D eigenvalue weighted by Crippen LogP contribution is -2.20. The molecule has 2 atom stereocenters. The molecule has 0 amide bonds. The Morgan fingerprint density at radius 2 is 1.89 bits per heavy atom. The summed E-state index contributed by atoms with van der Waals surface area (Å²) in [4.78, 5) is 11.0. The number of aromatic nitrogens is 4. The maximum atomic E-state index is 9.82. The standard InChI is InChI=1S/C28H26N6O2/c1-20(35)28-30-11-13-34(28)19-26-14-27(36-32-26)24-7-4-21(5-8-24)2-3-22-6-9-25(31-16-22)18-33-12-10-23(15-29)17-33/h4-9,11,13-14,16,20,23,35H,10,12,17-19H2,1H3/t20-,23?/m0/s1. The van der Waals surface area contributed by atoms with E-state index in [9.17, 15) is 5.11 Å². The van der Waals surface area contributed by atoms with Gasteiger partial charge in [-0.2, -0.15) is 5.26 Å². The van der Waals surface area contributed by atoms with E-state index in [-0.39, 0.29) is 5.92 Å². The highest BCUT2D eigenvalue weighted by atomic mass is 16.5. The van der Waals surface area contributed by atoms with Crippen molar-refractivity contribution in [1.82, 2.24) is 24.6 Å². The van der Waals surface area contributed by atoms with Gasteiger partial charge in [0.1, 0.15) is 17.6 Å². The minimum atomic E-state index is -0.651. The smallest absolute Gasteiger partial charge is 0.167 e. The van der Waals surface area contributed by atoms with E-state index >= 15 is 0 Å². The van der Waals surface area contributed by atoms with Crippen molar-refractivity contribution >= 4 is 0 Å². The molecule has 4 aromatic rings. The first kappa shape index (κ1) is 23.5. The molecule has 1 aliphatic rings. The number of pyridine rings is 1. The second kappa shape index (κ2) is 10.6. The molecule has 8 heteroatoms. The van der Waals surface area contributed by atoms with Crippen LogP contribution in [0.2, 0.25) is 0 Å². The summed E-state index contributed by atoms with van der Waals surface area (Å²) >= 11 is 0.